The minimum absolute atomic E-state index is 0.141. The highest BCUT2D eigenvalue weighted by molar-refractivity contribution is 6.01. The van der Waals surface area contributed by atoms with Crippen LogP contribution in [0.4, 0.5) is 4.39 Å². The summed E-state index contributed by atoms with van der Waals surface area (Å²) >= 11 is 0. The number of amides is 1. The first kappa shape index (κ1) is 15.4. The van der Waals surface area contributed by atoms with Crippen LogP contribution in [0, 0.1) is 17.1 Å². The number of pyridine rings is 1. The van der Waals surface area contributed by atoms with Crippen molar-refractivity contribution in [2.24, 2.45) is 0 Å². The number of nitrogens with zero attached hydrogens (tertiary/aromatic N) is 2. The average molecular weight is 295 g/mol. The summed E-state index contributed by atoms with van der Waals surface area (Å²) in [7, 11) is 0. The number of nitrogens with one attached hydrogen (secondary N) is 1. The van der Waals surface area contributed by atoms with Crippen molar-refractivity contribution in [3.63, 3.8) is 0 Å². The Labute approximate surface area is 127 Å². The molecule has 2 aromatic rings. The van der Waals surface area contributed by atoms with Crippen LogP contribution in [0.2, 0.25) is 0 Å². The number of hydrogen-bond acceptors (Lipinski definition) is 3. The number of hydrogen-bond donors (Lipinski definition) is 1. The monoisotopic (exact) mass is 295 g/mol. The van der Waals surface area contributed by atoms with E-state index in [1.165, 1.54) is 18.3 Å². The molecule has 110 valence electrons. The molecule has 0 radical (unpaired) electrons. The predicted octanol–water partition coefficient (Wildman–Crippen LogP) is 2.49. The zero-order valence-electron chi connectivity index (χ0n) is 11.8. The molecular formula is C17H14FN3O. The molecule has 0 fully saturated rings. The molecule has 0 aliphatic rings. The molecule has 5 heteroatoms. The van der Waals surface area contributed by atoms with Crippen LogP contribution < -0.4 is 5.32 Å². The molecule has 0 aliphatic carbocycles. The smallest absolute Gasteiger partial charge is 0.261 e. The Morgan fingerprint density at radius 3 is 2.77 bits per heavy atom. The molecule has 1 aromatic heterocycles. The lowest BCUT2D eigenvalue weighted by Crippen LogP contribution is -2.26. The molecule has 1 aromatic carbocycles. The number of carbonyl (C=O) groups is 1. The number of benzene rings is 1. The Bertz CT molecular complexity index is 720. The van der Waals surface area contributed by atoms with Gasteiger partial charge >= 0.3 is 0 Å². The van der Waals surface area contributed by atoms with Gasteiger partial charge in [0.25, 0.3) is 5.91 Å². The topological polar surface area (TPSA) is 65.8 Å². The van der Waals surface area contributed by atoms with Gasteiger partial charge in [-0.05, 0) is 24.1 Å². The van der Waals surface area contributed by atoms with E-state index in [0.717, 1.165) is 11.8 Å². The lowest BCUT2D eigenvalue weighted by atomic mass is 10.1. The zero-order valence-corrected chi connectivity index (χ0v) is 11.8. The van der Waals surface area contributed by atoms with Crippen LogP contribution in [0.25, 0.3) is 6.08 Å². The first-order valence-electron chi connectivity index (χ1n) is 6.74. The number of halogens is 1. The maximum absolute atomic E-state index is 13.5. The molecule has 1 heterocycles. The Kier molecular flexibility index (Phi) is 5.38. The van der Waals surface area contributed by atoms with E-state index >= 15 is 0 Å². The number of nitriles is 1. The summed E-state index contributed by atoms with van der Waals surface area (Å²) in [6.45, 7) is 0.403. The Morgan fingerprint density at radius 2 is 2.09 bits per heavy atom. The second kappa shape index (κ2) is 7.70. The standard InChI is InChI=1S/C17H14FN3O/c18-16-12-20-8-7-14(16)10-15(11-19)17(22)21-9-6-13-4-2-1-3-5-13/h1-5,7-8,10,12H,6,9H2,(H,21,22)/b15-10+. The maximum Gasteiger partial charge on any atom is 0.261 e. The van der Waals surface area contributed by atoms with Gasteiger partial charge in [0.2, 0.25) is 0 Å². The summed E-state index contributed by atoms with van der Waals surface area (Å²) in [5.41, 5.74) is 1.10. The summed E-state index contributed by atoms with van der Waals surface area (Å²) in [4.78, 5) is 15.6. The van der Waals surface area contributed by atoms with E-state index in [1.807, 2.05) is 30.3 Å². The Morgan fingerprint density at radius 1 is 1.32 bits per heavy atom. The molecule has 0 saturated carbocycles. The van der Waals surface area contributed by atoms with Crippen molar-refractivity contribution in [2.45, 2.75) is 6.42 Å². The van der Waals surface area contributed by atoms with E-state index in [1.54, 1.807) is 6.07 Å². The first-order valence-corrected chi connectivity index (χ1v) is 6.74. The minimum Gasteiger partial charge on any atom is -0.351 e. The fourth-order valence-corrected chi connectivity index (χ4v) is 1.87. The van der Waals surface area contributed by atoms with E-state index in [2.05, 4.69) is 10.3 Å². The molecule has 22 heavy (non-hydrogen) atoms. The van der Waals surface area contributed by atoms with Crippen molar-refractivity contribution in [3.05, 3.63) is 71.3 Å². The molecular weight excluding hydrogens is 281 g/mol. The number of carbonyl (C=O) groups excluding carboxylic acids is 1. The third-order valence-corrected chi connectivity index (χ3v) is 3.01. The molecule has 4 nitrogen and oxygen atoms in total. The molecule has 0 aliphatic heterocycles. The van der Waals surface area contributed by atoms with Crippen LogP contribution in [0.5, 0.6) is 0 Å². The van der Waals surface area contributed by atoms with Crippen LogP contribution in [-0.4, -0.2) is 17.4 Å². The van der Waals surface area contributed by atoms with E-state index in [0.29, 0.717) is 13.0 Å². The summed E-state index contributed by atoms with van der Waals surface area (Å²) in [6.07, 6.45) is 4.31. The van der Waals surface area contributed by atoms with Gasteiger partial charge in [0.1, 0.15) is 17.5 Å². The van der Waals surface area contributed by atoms with Crippen molar-refractivity contribution < 1.29 is 9.18 Å². The molecule has 1 N–H and O–H groups in total. The second-order valence-electron chi connectivity index (χ2n) is 4.56. The molecule has 0 unspecified atom stereocenters. The third kappa shape index (κ3) is 4.25. The fourth-order valence-electron chi connectivity index (χ4n) is 1.87. The SMILES string of the molecule is N#C/C(=C\c1ccncc1F)C(=O)NCCc1ccccc1. The summed E-state index contributed by atoms with van der Waals surface area (Å²) in [5.74, 6) is -1.10. The van der Waals surface area contributed by atoms with E-state index in [9.17, 15) is 9.18 Å². The van der Waals surface area contributed by atoms with Crippen molar-refractivity contribution >= 4 is 12.0 Å². The molecule has 1 amide bonds. The van der Waals surface area contributed by atoms with Crippen molar-refractivity contribution in [3.8, 4) is 6.07 Å². The highest BCUT2D eigenvalue weighted by Crippen LogP contribution is 2.10. The van der Waals surface area contributed by atoms with Crippen LogP contribution in [0.15, 0.2) is 54.4 Å². The van der Waals surface area contributed by atoms with E-state index < -0.39 is 11.7 Å². The van der Waals surface area contributed by atoms with Crippen molar-refractivity contribution in [1.82, 2.24) is 10.3 Å². The fraction of sp³-hybridized carbons (Fsp3) is 0.118. The van der Waals surface area contributed by atoms with Gasteiger partial charge in [0, 0.05) is 18.3 Å². The number of rotatable bonds is 5. The highest BCUT2D eigenvalue weighted by atomic mass is 19.1. The van der Waals surface area contributed by atoms with Crippen LogP contribution in [0.1, 0.15) is 11.1 Å². The van der Waals surface area contributed by atoms with E-state index in [4.69, 9.17) is 5.26 Å². The van der Waals surface area contributed by atoms with Crippen LogP contribution in [0.3, 0.4) is 0 Å². The molecule has 0 saturated heterocycles. The van der Waals surface area contributed by atoms with E-state index in [-0.39, 0.29) is 11.1 Å². The molecule has 0 atom stereocenters. The summed E-state index contributed by atoms with van der Waals surface area (Å²) in [6, 6.07) is 12.9. The third-order valence-electron chi connectivity index (χ3n) is 3.01. The van der Waals surface area contributed by atoms with Gasteiger partial charge in [-0.1, -0.05) is 30.3 Å². The predicted molar refractivity (Wildman–Crippen MR) is 80.9 cm³/mol. The molecule has 0 spiro atoms. The first-order chi connectivity index (χ1) is 10.7. The quantitative estimate of drug-likeness (QED) is 0.681. The minimum atomic E-state index is -0.577. The van der Waals surface area contributed by atoms with Gasteiger partial charge < -0.3 is 5.32 Å². The normalized spacial score (nSPS) is 10.8. The van der Waals surface area contributed by atoms with Gasteiger partial charge in [-0.3, -0.25) is 9.78 Å². The van der Waals surface area contributed by atoms with Gasteiger partial charge in [-0.2, -0.15) is 5.26 Å². The Hall–Kier alpha value is -3.00. The molecule has 2 rings (SSSR count). The zero-order chi connectivity index (χ0) is 15.8. The van der Waals surface area contributed by atoms with Crippen LogP contribution in [-0.2, 0) is 11.2 Å². The van der Waals surface area contributed by atoms with Crippen molar-refractivity contribution in [1.29, 1.82) is 5.26 Å². The average Bonchev–Trinajstić information content (AvgIpc) is 2.55. The summed E-state index contributed by atoms with van der Waals surface area (Å²) < 4.78 is 13.5. The van der Waals surface area contributed by atoms with Crippen molar-refractivity contribution in [2.75, 3.05) is 6.54 Å². The second-order valence-corrected chi connectivity index (χ2v) is 4.56. The van der Waals surface area contributed by atoms with Gasteiger partial charge in [-0.25, -0.2) is 4.39 Å². The summed E-state index contributed by atoms with van der Waals surface area (Å²) in [5, 5.41) is 11.7. The van der Waals surface area contributed by atoms with Gasteiger partial charge in [0.05, 0.1) is 6.20 Å². The highest BCUT2D eigenvalue weighted by Gasteiger charge is 2.10. The largest absolute Gasteiger partial charge is 0.351 e. The maximum atomic E-state index is 13.5. The molecule has 0 bridgehead atoms. The lowest BCUT2D eigenvalue weighted by Gasteiger charge is -2.04. The van der Waals surface area contributed by atoms with Gasteiger partial charge in [-0.15, -0.1) is 0 Å². The van der Waals surface area contributed by atoms with Gasteiger partial charge in [0.15, 0.2) is 0 Å². The van der Waals surface area contributed by atoms with Crippen LogP contribution >= 0.6 is 0 Å². The lowest BCUT2D eigenvalue weighted by molar-refractivity contribution is -0.117. The Balaban J connectivity index is 1.98. The number of aromatic nitrogens is 1.